The molecule has 1 heterocycles. The number of carboxylic acids is 2. The number of hydrogen-bond acceptors (Lipinski definition) is 7. The maximum atomic E-state index is 12.2. The zero-order valence-corrected chi connectivity index (χ0v) is 15.0. The van der Waals surface area contributed by atoms with E-state index in [9.17, 15) is 34.7 Å². The van der Waals surface area contributed by atoms with Gasteiger partial charge < -0.3 is 25.7 Å². The van der Waals surface area contributed by atoms with Crippen molar-refractivity contribution in [2.24, 2.45) is 0 Å². The zero-order chi connectivity index (χ0) is 22.0. The SMILES string of the molecule is Nc1[nH]c(=O)c(C(=O)O)c(-c2ccccc2Oc2ccccc2[N+](=O)[O-])c1C(=O)O. The molecule has 0 saturated heterocycles. The number of aromatic amines is 1. The summed E-state index contributed by atoms with van der Waals surface area (Å²) in [5.74, 6) is -4.09. The van der Waals surface area contributed by atoms with E-state index >= 15 is 0 Å². The van der Waals surface area contributed by atoms with Gasteiger partial charge >= 0.3 is 17.6 Å². The quantitative estimate of drug-likeness (QED) is 0.349. The Morgan fingerprint density at radius 3 is 2.13 bits per heavy atom. The number of ether oxygens (including phenoxy) is 1. The van der Waals surface area contributed by atoms with Crippen molar-refractivity contribution in [1.29, 1.82) is 0 Å². The molecule has 1 aromatic heterocycles. The zero-order valence-electron chi connectivity index (χ0n) is 15.0. The summed E-state index contributed by atoms with van der Waals surface area (Å²) in [6, 6.07) is 11.0. The number of H-pyrrole nitrogens is 1. The Labute approximate surface area is 167 Å². The van der Waals surface area contributed by atoms with Gasteiger partial charge in [-0.05, 0) is 12.1 Å². The lowest BCUT2D eigenvalue weighted by atomic mass is 9.94. The fourth-order valence-electron chi connectivity index (χ4n) is 2.89. The first kappa shape index (κ1) is 20.1. The van der Waals surface area contributed by atoms with Gasteiger partial charge in [0.15, 0.2) is 0 Å². The smallest absolute Gasteiger partial charge is 0.342 e. The molecule has 11 heteroatoms. The lowest BCUT2D eigenvalue weighted by molar-refractivity contribution is -0.385. The van der Waals surface area contributed by atoms with E-state index in [4.69, 9.17) is 10.5 Å². The van der Waals surface area contributed by atoms with Gasteiger partial charge in [-0.1, -0.05) is 30.3 Å². The fraction of sp³-hybridized carbons (Fsp3) is 0. The Balaban J connectivity index is 2.33. The van der Waals surface area contributed by atoms with Crippen LogP contribution in [0.4, 0.5) is 11.5 Å². The highest BCUT2D eigenvalue weighted by molar-refractivity contribution is 6.08. The van der Waals surface area contributed by atoms with Crippen molar-refractivity contribution in [3.8, 4) is 22.6 Å². The van der Waals surface area contributed by atoms with Gasteiger partial charge in [-0.25, -0.2) is 9.59 Å². The lowest BCUT2D eigenvalue weighted by Crippen LogP contribution is -2.24. The summed E-state index contributed by atoms with van der Waals surface area (Å²) in [6.45, 7) is 0. The van der Waals surface area contributed by atoms with Gasteiger partial charge in [-0.15, -0.1) is 0 Å². The molecule has 152 valence electrons. The second-order valence-corrected chi connectivity index (χ2v) is 5.93. The number of nitrogens with zero attached hydrogens (tertiary/aromatic N) is 1. The first-order valence-corrected chi connectivity index (χ1v) is 8.25. The first-order chi connectivity index (χ1) is 14.2. The number of nitrogen functional groups attached to an aromatic ring is 1. The molecule has 0 fully saturated rings. The molecule has 0 radical (unpaired) electrons. The second-order valence-electron chi connectivity index (χ2n) is 5.93. The molecule has 11 nitrogen and oxygen atoms in total. The normalized spacial score (nSPS) is 10.4. The van der Waals surface area contributed by atoms with Crippen LogP contribution >= 0.6 is 0 Å². The number of pyridine rings is 1. The Bertz CT molecular complexity index is 1250. The number of nitrogens with two attached hydrogens (primary N) is 1. The van der Waals surface area contributed by atoms with E-state index in [0.717, 1.165) is 0 Å². The standard InChI is InChI=1S/C19H13N3O8/c20-16-14(18(24)25)13(15(19(26)27)17(23)21-16)9-5-1-3-7-11(9)30-12-8-4-2-6-10(12)22(28)29/h1-8H,(H,24,25)(H,26,27)(H3,20,21,23). The van der Waals surface area contributed by atoms with Crippen LogP contribution in [0.1, 0.15) is 20.7 Å². The molecular formula is C19H13N3O8. The highest BCUT2D eigenvalue weighted by atomic mass is 16.6. The van der Waals surface area contributed by atoms with Crippen LogP contribution in [-0.4, -0.2) is 32.1 Å². The third-order valence-electron chi connectivity index (χ3n) is 4.11. The molecule has 2 aromatic carbocycles. The summed E-state index contributed by atoms with van der Waals surface area (Å²) in [4.78, 5) is 48.3. The Kier molecular flexibility index (Phi) is 5.19. The summed E-state index contributed by atoms with van der Waals surface area (Å²) >= 11 is 0. The van der Waals surface area contributed by atoms with E-state index < -0.39 is 44.9 Å². The van der Waals surface area contributed by atoms with Crippen LogP contribution < -0.4 is 16.0 Å². The number of nitro benzene ring substituents is 1. The van der Waals surface area contributed by atoms with Crippen LogP contribution in [0.25, 0.3) is 11.1 Å². The minimum absolute atomic E-state index is 0.0942. The molecular weight excluding hydrogens is 398 g/mol. The maximum Gasteiger partial charge on any atom is 0.342 e. The maximum absolute atomic E-state index is 12.2. The van der Waals surface area contributed by atoms with Crippen molar-refractivity contribution in [3.05, 3.63) is 80.1 Å². The molecule has 0 unspecified atom stereocenters. The Hall–Kier alpha value is -4.67. The molecule has 30 heavy (non-hydrogen) atoms. The van der Waals surface area contributed by atoms with E-state index in [0.29, 0.717) is 0 Å². The fourth-order valence-corrected chi connectivity index (χ4v) is 2.89. The van der Waals surface area contributed by atoms with Gasteiger partial charge in [0, 0.05) is 17.2 Å². The predicted molar refractivity (Wildman–Crippen MR) is 104 cm³/mol. The molecule has 0 aliphatic heterocycles. The number of nitrogens with one attached hydrogen (secondary N) is 1. The van der Waals surface area contributed by atoms with Crippen molar-refractivity contribution >= 4 is 23.4 Å². The van der Waals surface area contributed by atoms with Crippen LogP contribution in [0.15, 0.2) is 53.3 Å². The molecule has 0 saturated carbocycles. The highest BCUT2D eigenvalue weighted by Gasteiger charge is 2.28. The van der Waals surface area contributed by atoms with E-state index in [1.54, 1.807) is 0 Å². The summed E-state index contributed by atoms with van der Waals surface area (Å²) in [7, 11) is 0. The number of rotatable bonds is 6. The van der Waals surface area contributed by atoms with Crippen molar-refractivity contribution in [3.63, 3.8) is 0 Å². The molecule has 3 aromatic rings. The van der Waals surface area contributed by atoms with E-state index in [-0.39, 0.29) is 22.7 Å². The van der Waals surface area contributed by atoms with Crippen molar-refractivity contribution in [2.75, 3.05) is 5.73 Å². The van der Waals surface area contributed by atoms with E-state index in [2.05, 4.69) is 0 Å². The van der Waals surface area contributed by atoms with Crippen molar-refractivity contribution < 1.29 is 29.5 Å². The number of benzene rings is 2. The molecule has 0 amide bonds. The largest absolute Gasteiger partial charge is 0.478 e. The Morgan fingerprint density at radius 1 is 0.967 bits per heavy atom. The lowest BCUT2D eigenvalue weighted by Gasteiger charge is -2.16. The van der Waals surface area contributed by atoms with Crippen LogP contribution in [0, 0.1) is 10.1 Å². The molecule has 3 rings (SSSR count). The van der Waals surface area contributed by atoms with Gasteiger partial charge in [0.2, 0.25) is 5.75 Å². The summed E-state index contributed by atoms with van der Waals surface area (Å²) in [5, 5.41) is 30.3. The summed E-state index contributed by atoms with van der Waals surface area (Å²) < 4.78 is 5.62. The van der Waals surface area contributed by atoms with Crippen molar-refractivity contribution in [1.82, 2.24) is 4.98 Å². The third kappa shape index (κ3) is 3.54. The van der Waals surface area contributed by atoms with Gasteiger partial charge in [-0.2, -0.15) is 0 Å². The highest BCUT2D eigenvalue weighted by Crippen LogP contribution is 2.39. The molecule has 5 N–H and O–H groups in total. The van der Waals surface area contributed by atoms with Crippen LogP contribution in [0.2, 0.25) is 0 Å². The summed E-state index contributed by atoms with van der Waals surface area (Å²) in [5.41, 5.74) is 2.08. The number of carboxylic acid groups (broad SMARTS) is 2. The van der Waals surface area contributed by atoms with Crippen LogP contribution in [-0.2, 0) is 0 Å². The van der Waals surface area contributed by atoms with Crippen LogP contribution in [0.3, 0.4) is 0 Å². The molecule has 0 atom stereocenters. The van der Waals surface area contributed by atoms with Crippen LogP contribution in [0.5, 0.6) is 11.5 Å². The van der Waals surface area contributed by atoms with Gasteiger partial charge in [0.05, 0.1) is 4.92 Å². The Morgan fingerprint density at radius 2 is 1.53 bits per heavy atom. The van der Waals surface area contributed by atoms with E-state index in [1.165, 1.54) is 48.5 Å². The number of anilines is 1. The molecule has 0 spiro atoms. The number of aromatic nitrogens is 1. The van der Waals surface area contributed by atoms with Crippen molar-refractivity contribution in [2.45, 2.75) is 0 Å². The summed E-state index contributed by atoms with van der Waals surface area (Å²) in [6.07, 6.45) is 0. The second kappa shape index (κ2) is 7.75. The third-order valence-corrected chi connectivity index (χ3v) is 4.11. The average Bonchev–Trinajstić information content (AvgIpc) is 2.67. The minimum Gasteiger partial charge on any atom is -0.478 e. The van der Waals surface area contributed by atoms with Gasteiger partial charge in [0.25, 0.3) is 5.56 Å². The average molecular weight is 411 g/mol. The van der Waals surface area contributed by atoms with Gasteiger partial charge in [-0.3, -0.25) is 14.9 Å². The molecule has 0 aliphatic rings. The molecule has 0 aliphatic carbocycles. The topological polar surface area (TPSA) is 186 Å². The number of nitro groups is 1. The van der Waals surface area contributed by atoms with Gasteiger partial charge in [0.1, 0.15) is 22.7 Å². The van der Waals surface area contributed by atoms with E-state index in [1.807, 2.05) is 4.98 Å². The monoisotopic (exact) mass is 411 g/mol. The number of hydrogen-bond donors (Lipinski definition) is 4. The molecule has 0 bridgehead atoms. The predicted octanol–water partition coefficient (Wildman–Crippen LogP) is 2.72. The number of para-hydroxylation sites is 3. The first-order valence-electron chi connectivity index (χ1n) is 8.25. The number of aromatic carboxylic acids is 2. The minimum atomic E-state index is -1.69. The number of carbonyl (C=O) groups is 2.